The van der Waals surface area contributed by atoms with E-state index < -0.39 is 0 Å². The number of hydrogen-bond donors (Lipinski definition) is 0. The van der Waals surface area contributed by atoms with Crippen molar-refractivity contribution in [2.24, 2.45) is 0 Å². The van der Waals surface area contributed by atoms with Crippen LogP contribution in [0.15, 0.2) is 36.4 Å². The molecule has 0 N–H and O–H groups in total. The first-order chi connectivity index (χ1) is 9.51. The van der Waals surface area contributed by atoms with Crippen molar-refractivity contribution in [2.45, 2.75) is 20.3 Å². The lowest BCUT2D eigenvalue weighted by Crippen LogP contribution is -2.05. The van der Waals surface area contributed by atoms with E-state index in [0.29, 0.717) is 16.7 Å². The van der Waals surface area contributed by atoms with Gasteiger partial charge in [0, 0.05) is 12.0 Å². The van der Waals surface area contributed by atoms with E-state index in [1.165, 1.54) is 0 Å². The first-order valence-corrected chi connectivity index (χ1v) is 6.44. The number of rotatable bonds is 4. The Kier molecular flexibility index (Phi) is 4.18. The molecule has 0 fully saturated rings. The van der Waals surface area contributed by atoms with E-state index in [9.17, 15) is 9.18 Å². The molecule has 0 aliphatic rings. The molecule has 0 aliphatic carbocycles. The molecule has 20 heavy (non-hydrogen) atoms. The lowest BCUT2D eigenvalue weighted by atomic mass is 9.99. The topological polar surface area (TPSA) is 26.3 Å². The summed E-state index contributed by atoms with van der Waals surface area (Å²) in [7, 11) is 1.59. The maximum atomic E-state index is 13.6. The van der Waals surface area contributed by atoms with Gasteiger partial charge in [0.15, 0.2) is 5.78 Å². The van der Waals surface area contributed by atoms with Crippen molar-refractivity contribution in [1.29, 1.82) is 0 Å². The molecule has 0 radical (unpaired) electrons. The van der Waals surface area contributed by atoms with Gasteiger partial charge in [-0.2, -0.15) is 0 Å². The molecule has 0 saturated heterocycles. The van der Waals surface area contributed by atoms with Crippen LogP contribution in [0.4, 0.5) is 4.39 Å². The summed E-state index contributed by atoms with van der Waals surface area (Å²) >= 11 is 0. The Morgan fingerprint density at radius 2 is 1.80 bits per heavy atom. The van der Waals surface area contributed by atoms with Gasteiger partial charge in [-0.05, 0) is 54.8 Å². The molecular weight excluding hydrogens is 255 g/mol. The summed E-state index contributed by atoms with van der Waals surface area (Å²) in [6.45, 7) is 3.34. The van der Waals surface area contributed by atoms with Gasteiger partial charge >= 0.3 is 0 Å². The van der Waals surface area contributed by atoms with E-state index in [1.54, 1.807) is 33.1 Å². The van der Waals surface area contributed by atoms with E-state index >= 15 is 0 Å². The number of ether oxygens (including phenoxy) is 1. The van der Waals surface area contributed by atoms with Crippen molar-refractivity contribution in [3.05, 3.63) is 64.5 Å². The van der Waals surface area contributed by atoms with Gasteiger partial charge in [-0.1, -0.05) is 12.1 Å². The molecular formula is C17H17FO2. The van der Waals surface area contributed by atoms with Gasteiger partial charge < -0.3 is 4.74 Å². The largest absolute Gasteiger partial charge is 0.497 e. The normalized spacial score (nSPS) is 10.4. The number of benzene rings is 2. The molecule has 2 aromatic carbocycles. The molecule has 2 nitrogen and oxygen atoms in total. The predicted molar refractivity (Wildman–Crippen MR) is 76.9 cm³/mol. The second-order valence-corrected chi connectivity index (χ2v) is 4.88. The zero-order chi connectivity index (χ0) is 14.7. The molecule has 0 spiro atoms. The molecule has 0 aromatic heterocycles. The van der Waals surface area contributed by atoms with Gasteiger partial charge in [0.1, 0.15) is 11.6 Å². The van der Waals surface area contributed by atoms with Crippen LogP contribution < -0.4 is 4.74 Å². The Morgan fingerprint density at radius 3 is 2.40 bits per heavy atom. The Hall–Kier alpha value is -2.16. The number of methoxy groups -OCH3 is 1. The summed E-state index contributed by atoms with van der Waals surface area (Å²) in [4.78, 5) is 12.3. The highest BCUT2D eigenvalue weighted by Crippen LogP contribution is 2.18. The van der Waals surface area contributed by atoms with Gasteiger partial charge in [0.05, 0.1) is 7.11 Å². The highest BCUT2D eigenvalue weighted by atomic mass is 19.1. The van der Waals surface area contributed by atoms with Gasteiger partial charge in [-0.25, -0.2) is 4.39 Å². The smallest absolute Gasteiger partial charge is 0.167 e. The molecule has 0 unspecified atom stereocenters. The zero-order valence-electron chi connectivity index (χ0n) is 11.9. The van der Waals surface area contributed by atoms with Crippen LogP contribution in [-0.4, -0.2) is 12.9 Å². The van der Waals surface area contributed by atoms with E-state index in [-0.39, 0.29) is 18.0 Å². The fourth-order valence-electron chi connectivity index (χ4n) is 2.18. The SMILES string of the molecule is COc1cccc(CC(=O)c2cc(C)c(F)c(C)c2)c1. The number of carbonyl (C=O) groups is 1. The van der Waals surface area contributed by atoms with E-state index in [2.05, 4.69) is 0 Å². The Morgan fingerprint density at radius 1 is 1.15 bits per heavy atom. The van der Waals surface area contributed by atoms with Crippen LogP contribution in [0.5, 0.6) is 5.75 Å². The summed E-state index contributed by atoms with van der Waals surface area (Å²) in [5.41, 5.74) is 2.43. The Bertz CT molecular complexity index is 624. The molecule has 0 atom stereocenters. The molecule has 0 heterocycles. The van der Waals surface area contributed by atoms with Crippen LogP contribution in [0.1, 0.15) is 27.0 Å². The minimum atomic E-state index is -0.247. The standard InChI is InChI=1S/C17H17FO2/c1-11-7-14(8-12(2)17(11)18)16(19)10-13-5-4-6-15(9-13)20-3/h4-9H,10H2,1-3H3. The first-order valence-electron chi connectivity index (χ1n) is 6.44. The van der Waals surface area contributed by atoms with Gasteiger partial charge in [0.25, 0.3) is 0 Å². The van der Waals surface area contributed by atoms with Gasteiger partial charge in [-0.3, -0.25) is 4.79 Å². The Balaban J connectivity index is 2.23. The molecule has 2 rings (SSSR count). The molecule has 0 saturated carbocycles. The lowest BCUT2D eigenvalue weighted by molar-refractivity contribution is 0.0992. The summed E-state index contributed by atoms with van der Waals surface area (Å²) in [5, 5.41) is 0. The van der Waals surface area contributed by atoms with Crippen molar-refractivity contribution in [1.82, 2.24) is 0 Å². The van der Waals surface area contributed by atoms with Gasteiger partial charge in [0.2, 0.25) is 0 Å². The predicted octanol–water partition coefficient (Wildman–Crippen LogP) is 3.88. The van der Waals surface area contributed by atoms with Crippen LogP contribution >= 0.6 is 0 Å². The maximum absolute atomic E-state index is 13.6. The minimum absolute atomic E-state index is 0.0237. The van der Waals surface area contributed by atoms with Crippen LogP contribution in [0.2, 0.25) is 0 Å². The third kappa shape index (κ3) is 3.05. The van der Waals surface area contributed by atoms with E-state index in [4.69, 9.17) is 4.74 Å². The number of hydrogen-bond acceptors (Lipinski definition) is 2. The molecule has 3 heteroatoms. The maximum Gasteiger partial charge on any atom is 0.167 e. The highest BCUT2D eigenvalue weighted by molar-refractivity contribution is 5.97. The number of aryl methyl sites for hydroxylation is 2. The van der Waals surface area contributed by atoms with Crippen LogP contribution in [0, 0.1) is 19.7 Å². The van der Waals surface area contributed by atoms with Crippen LogP contribution in [0.3, 0.4) is 0 Å². The van der Waals surface area contributed by atoms with Crippen LogP contribution in [-0.2, 0) is 6.42 Å². The third-order valence-electron chi connectivity index (χ3n) is 3.26. The second-order valence-electron chi connectivity index (χ2n) is 4.88. The second kappa shape index (κ2) is 5.87. The minimum Gasteiger partial charge on any atom is -0.497 e. The number of halogens is 1. The first kappa shape index (κ1) is 14.3. The van der Waals surface area contributed by atoms with Crippen LogP contribution in [0.25, 0.3) is 0 Å². The summed E-state index contributed by atoms with van der Waals surface area (Å²) in [6, 6.07) is 10.6. The molecule has 104 valence electrons. The fraction of sp³-hybridized carbons (Fsp3) is 0.235. The van der Waals surface area contributed by atoms with Crippen molar-refractivity contribution in [3.63, 3.8) is 0 Å². The molecule has 0 bridgehead atoms. The van der Waals surface area contributed by atoms with Crippen molar-refractivity contribution in [3.8, 4) is 5.75 Å². The average Bonchev–Trinajstić information content (AvgIpc) is 2.44. The Labute approximate surface area is 118 Å². The van der Waals surface area contributed by atoms with Crippen molar-refractivity contribution in [2.75, 3.05) is 7.11 Å². The number of Topliss-reactive ketones (excluding diaryl/α,β-unsaturated/α-hetero) is 1. The number of carbonyl (C=O) groups excluding carboxylic acids is 1. The molecule has 0 aliphatic heterocycles. The third-order valence-corrected chi connectivity index (χ3v) is 3.26. The monoisotopic (exact) mass is 272 g/mol. The van der Waals surface area contributed by atoms with Crippen molar-refractivity contribution < 1.29 is 13.9 Å². The van der Waals surface area contributed by atoms with Gasteiger partial charge in [-0.15, -0.1) is 0 Å². The highest BCUT2D eigenvalue weighted by Gasteiger charge is 2.11. The molecule has 0 amide bonds. The summed E-state index contributed by atoms with van der Waals surface area (Å²) in [6.07, 6.45) is 0.279. The quantitative estimate of drug-likeness (QED) is 0.790. The van der Waals surface area contributed by atoms with E-state index in [0.717, 1.165) is 11.3 Å². The average molecular weight is 272 g/mol. The summed E-state index contributed by atoms with van der Waals surface area (Å²) in [5.74, 6) is 0.453. The molecule has 2 aromatic rings. The fourth-order valence-corrected chi connectivity index (χ4v) is 2.18. The summed E-state index contributed by atoms with van der Waals surface area (Å²) < 4.78 is 18.7. The lowest BCUT2D eigenvalue weighted by Gasteiger charge is -2.07. The zero-order valence-corrected chi connectivity index (χ0v) is 11.9. The number of ketones is 1. The van der Waals surface area contributed by atoms with E-state index in [1.807, 2.05) is 24.3 Å². The van der Waals surface area contributed by atoms with Crippen molar-refractivity contribution >= 4 is 5.78 Å².